The minimum Gasteiger partial charge on any atom is -0.490 e. The number of nitro groups is 1. The van der Waals surface area contributed by atoms with Crippen molar-refractivity contribution in [2.45, 2.75) is 13.5 Å². The van der Waals surface area contributed by atoms with Gasteiger partial charge in [-0.05, 0) is 54.0 Å². The first-order chi connectivity index (χ1) is 15.4. The molecule has 162 valence electrons. The van der Waals surface area contributed by atoms with Gasteiger partial charge < -0.3 is 9.47 Å². The topological polar surface area (TPSA) is 85.4 Å². The lowest BCUT2D eigenvalue weighted by molar-refractivity contribution is -0.384. The number of nitrogens with zero attached hydrogens (tertiary/aromatic N) is 2. The van der Waals surface area contributed by atoms with Gasteiger partial charge in [-0.25, -0.2) is 0 Å². The van der Waals surface area contributed by atoms with E-state index in [0.717, 1.165) is 10.0 Å². The lowest BCUT2D eigenvalue weighted by Gasteiger charge is -2.14. The Kier molecular flexibility index (Phi) is 8.03. The van der Waals surface area contributed by atoms with E-state index in [1.165, 1.54) is 12.1 Å². The van der Waals surface area contributed by atoms with Crippen molar-refractivity contribution < 1.29 is 14.4 Å². The third kappa shape index (κ3) is 5.96. The molecule has 0 aliphatic heterocycles. The van der Waals surface area contributed by atoms with Gasteiger partial charge in [-0.2, -0.15) is 5.26 Å². The lowest BCUT2D eigenvalue weighted by atomic mass is 10.0. The van der Waals surface area contributed by atoms with Crippen LogP contribution in [0.4, 0.5) is 5.69 Å². The molecule has 0 saturated heterocycles. The van der Waals surface area contributed by atoms with Crippen molar-refractivity contribution in [1.29, 1.82) is 5.26 Å². The lowest BCUT2D eigenvalue weighted by Crippen LogP contribution is -2.00. The number of hydrogen-bond acceptors (Lipinski definition) is 5. The van der Waals surface area contributed by atoms with Gasteiger partial charge in [0.15, 0.2) is 11.5 Å². The van der Waals surface area contributed by atoms with Crippen LogP contribution in [0.15, 0.2) is 69.6 Å². The Hall–Kier alpha value is -3.15. The molecule has 8 heteroatoms. The van der Waals surface area contributed by atoms with Gasteiger partial charge >= 0.3 is 0 Å². The Bertz CT molecular complexity index is 1200. The highest BCUT2D eigenvalue weighted by molar-refractivity contribution is 9.10. The van der Waals surface area contributed by atoms with Crippen molar-refractivity contribution in [3.05, 3.63) is 96.4 Å². The number of ether oxygens (including phenoxy) is 2. The molecule has 0 atom stereocenters. The first-order valence-electron chi connectivity index (χ1n) is 9.61. The van der Waals surface area contributed by atoms with Crippen LogP contribution >= 0.6 is 31.9 Å². The first-order valence-corrected chi connectivity index (χ1v) is 11.2. The summed E-state index contributed by atoms with van der Waals surface area (Å²) in [6.45, 7) is 2.68. The summed E-state index contributed by atoms with van der Waals surface area (Å²) in [6, 6.07) is 19.5. The summed E-state index contributed by atoms with van der Waals surface area (Å²) in [7, 11) is 0. The molecule has 3 aromatic carbocycles. The smallest absolute Gasteiger partial charge is 0.270 e. The molecular weight excluding hydrogens is 540 g/mol. The Morgan fingerprint density at radius 1 is 1.09 bits per heavy atom. The molecule has 0 amide bonds. The van der Waals surface area contributed by atoms with Gasteiger partial charge in [0, 0.05) is 21.1 Å². The second-order valence-corrected chi connectivity index (χ2v) is 8.42. The fraction of sp³-hybridized carbons (Fsp3) is 0.125. The minimum absolute atomic E-state index is 0.0746. The van der Waals surface area contributed by atoms with Crippen LogP contribution in [0, 0.1) is 21.4 Å². The highest BCUT2D eigenvalue weighted by Crippen LogP contribution is 2.36. The summed E-state index contributed by atoms with van der Waals surface area (Å²) in [5, 5.41) is 20.7. The van der Waals surface area contributed by atoms with E-state index in [4.69, 9.17) is 9.47 Å². The van der Waals surface area contributed by atoms with Gasteiger partial charge in [0.1, 0.15) is 6.61 Å². The molecule has 0 unspecified atom stereocenters. The molecular formula is C24H18Br2N2O4. The van der Waals surface area contributed by atoms with Crippen molar-refractivity contribution in [3.63, 3.8) is 0 Å². The van der Waals surface area contributed by atoms with Crippen LogP contribution in [-0.2, 0) is 6.61 Å². The summed E-state index contributed by atoms with van der Waals surface area (Å²) in [5.41, 5.74) is 2.37. The first kappa shape index (κ1) is 23.5. The number of non-ortho nitro benzene ring substituents is 1. The van der Waals surface area contributed by atoms with Crippen molar-refractivity contribution in [1.82, 2.24) is 0 Å². The molecule has 6 nitrogen and oxygen atoms in total. The monoisotopic (exact) mass is 556 g/mol. The normalized spacial score (nSPS) is 11.0. The van der Waals surface area contributed by atoms with Gasteiger partial charge in [0.25, 0.3) is 5.69 Å². The van der Waals surface area contributed by atoms with Crippen LogP contribution in [0.25, 0.3) is 11.6 Å². The van der Waals surface area contributed by atoms with Gasteiger partial charge in [-0.15, -0.1) is 0 Å². The molecule has 3 rings (SSSR count). The SMILES string of the molecule is CCOc1cc(/C=C(/C#N)c2cccc([N+](=O)[O-])c2)c(Br)cc1OCc1ccc(Br)cc1. The Morgan fingerprint density at radius 3 is 2.47 bits per heavy atom. The van der Waals surface area contributed by atoms with Gasteiger partial charge in [-0.3, -0.25) is 10.1 Å². The van der Waals surface area contributed by atoms with Gasteiger partial charge in [0.05, 0.1) is 23.2 Å². The van der Waals surface area contributed by atoms with E-state index in [0.29, 0.717) is 45.9 Å². The summed E-state index contributed by atoms with van der Waals surface area (Å²) in [6.07, 6.45) is 1.66. The average Bonchev–Trinajstić information content (AvgIpc) is 2.79. The van der Waals surface area contributed by atoms with E-state index in [9.17, 15) is 15.4 Å². The third-order valence-corrected chi connectivity index (χ3v) is 5.67. The zero-order valence-corrected chi connectivity index (χ0v) is 20.2. The van der Waals surface area contributed by atoms with E-state index in [-0.39, 0.29) is 5.69 Å². The van der Waals surface area contributed by atoms with Crippen molar-refractivity contribution in [3.8, 4) is 17.6 Å². The summed E-state index contributed by atoms with van der Waals surface area (Å²) < 4.78 is 13.4. The van der Waals surface area contributed by atoms with Gasteiger partial charge in [-0.1, -0.05) is 56.1 Å². The molecule has 3 aromatic rings. The van der Waals surface area contributed by atoms with E-state index in [1.807, 2.05) is 31.2 Å². The predicted molar refractivity (Wildman–Crippen MR) is 130 cm³/mol. The number of hydrogen-bond donors (Lipinski definition) is 0. The Labute approximate surface area is 202 Å². The average molecular weight is 558 g/mol. The summed E-state index contributed by atoms with van der Waals surface area (Å²) in [4.78, 5) is 10.6. The van der Waals surface area contributed by atoms with Crippen LogP contribution < -0.4 is 9.47 Å². The fourth-order valence-corrected chi connectivity index (χ4v) is 3.61. The van der Waals surface area contributed by atoms with Crippen molar-refractivity contribution >= 4 is 49.2 Å². The van der Waals surface area contributed by atoms with Gasteiger partial charge in [0.2, 0.25) is 0 Å². The predicted octanol–water partition coefficient (Wildman–Crippen LogP) is 7.16. The summed E-state index contributed by atoms with van der Waals surface area (Å²) in [5.74, 6) is 1.10. The maximum absolute atomic E-state index is 11.1. The zero-order valence-electron chi connectivity index (χ0n) is 17.0. The fourth-order valence-electron chi connectivity index (χ4n) is 2.91. The largest absolute Gasteiger partial charge is 0.490 e. The second kappa shape index (κ2) is 10.9. The van der Waals surface area contributed by atoms with Crippen molar-refractivity contribution in [2.75, 3.05) is 6.61 Å². The molecule has 0 bridgehead atoms. The number of rotatable bonds is 8. The molecule has 0 aliphatic rings. The maximum Gasteiger partial charge on any atom is 0.270 e. The van der Waals surface area contributed by atoms with E-state index in [1.54, 1.807) is 30.3 Å². The number of nitriles is 1. The van der Waals surface area contributed by atoms with Crippen LogP contribution in [0.1, 0.15) is 23.6 Å². The highest BCUT2D eigenvalue weighted by atomic mass is 79.9. The molecule has 0 heterocycles. The molecule has 0 aromatic heterocycles. The minimum atomic E-state index is -0.487. The zero-order chi connectivity index (χ0) is 23.1. The van der Waals surface area contributed by atoms with Crippen LogP contribution in [-0.4, -0.2) is 11.5 Å². The molecule has 0 saturated carbocycles. The molecule has 0 radical (unpaired) electrons. The maximum atomic E-state index is 11.1. The molecule has 0 aliphatic carbocycles. The third-order valence-electron chi connectivity index (χ3n) is 4.46. The van der Waals surface area contributed by atoms with Crippen LogP contribution in [0.2, 0.25) is 0 Å². The number of halogens is 2. The van der Waals surface area contributed by atoms with Crippen LogP contribution in [0.5, 0.6) is 11.5 Å². The molecule has 0 spiro atoms. The standard InChI is InChI=1S/C24H18Br2N2O4/c1-2-31-23-12-18(10-19(14-27)17-4-3-5-21(11-17)28(29)30)22(26)13-24(23)32-15-16-6-8-20(25)9-7-16/h3-13H,2,15H2,1H3/b19-10-. The number of nitro benzene ring substituents is 1. The molecule has 0 fully saturated rings. The van der Waals surface area contributed by atoms with Crippen molar-refractivity contribution in [2.24, 2.45) is 0 Å². The van der Waals surface area contributed by atoms with E-state index >= 15 is 0 Å². The van der Waals surface area contributed by atoms with Crippen LogP contribution in [0.3, 0.4) is 0 Å². The Balaban J connectivity index is 1.93. The molecule has 32 heavy (non-hydrogen) atoms. The molecule has 0 N–H and O–H groups in total. The second-order valence-electron chi connectivity index (χ2n) is 6.65. The Morgan fingerprint density at radius 2 is 1.81 bits per heavy atom. The number of allylic oxidation sites excluding steroid dienone is 1. The highest BCUT2D eigenvalue weighted by Gasteiger charge is 2.13. The quantitative estimate of drug-likeness (QED) is 0.127. The van der Waals surface area contributed by atoms with E-state index in [2.05, 4.69) is 37.9 Å². The number of benzene rings is 3. The summed E-state index contributed by atoms with van der Waals surface area (Å²) >= 11 is 6.95. The van der Waals surface area contributed by atoms with E-state index < -0.39 is 4.92 Å².